The number of hydrogen-bond acceptors (Lipinski definition) is 7. The molecule has 8 nitrogen and oxygen atoms in total. The summed E-state index contributed by atoms with van der Waals surface area (Å²) in [6, 6.07) is 12.2. The van der Waals surface area contributed by atoms with Crippen LogP contribution in [0.3, 0.4) is 0 Å². The molecular weight excluding hydrogens is 404 g/mol. The van der Waals surface area contributed by atoms with Crippen molar-refractivity contribution in [3.63, 3.8) is 0 Å². The summed E-state index contributed by atoms with van der Waals surface area (Å²) in [4.78, 5) is 36.3. The fourth-order valence-electron chi connectivity index (χ4n) is 2.76. The molecule has 0 saturated heterocycles. The lowest BCUT2D eigenvalue weighted by molar-refractivity contribution is -0.123. The van der Waals surface area contributed by atoms with Gasteiger partial charge in [0.05, 0.1) is 22.9 Å². The lowest BCUT2D eigenvalue weighted by Crippen LogP contribution is -2.29. The van der Waals surface area contributed by atoms with Gasteiger partial charge in [-0.2, -0.15) is 0 Å². The Morgan fingerprint density at radius 1 is 1.17 bits per heavy atom. The molecule has 2 heterocycles. The zero-order chi connectivity index (χ0) is 21.1. The molecule has 0 aliphatic rings. The number of H-pyrrole nitrogens is 1. The van der Waals surface area contributed by atoms with Gasteiger partial charge in [0.15, 0.2) is 11.2 Å². The Morgan fingerprint density at radius 2 is 1.97 bits per heavy atom. The van der Waals surface area contributed by atoms with E-state index in [-0.39, 0.29) is 0 Å². The molecule has 152 valence electrons. The number of nitrogens with one attached hydrogen (secondary N) is 2. The molecule has 4 aromatic rings. The SMILES string of the molecule is COc1ccc2nc(NC(=O)C(C)OC(=O)c3ccc(-c4ncc[nH]4)cc3)sc2c1. The summed E-state index contributed by atoms with van der Waals surface area (Å²) >= 11 is 1.32. The van der Waals surface area contributed by atoms with Gasteiger partial charge in [-0.25, -0.2) is 14.8 Å². The number of amides is 1. The Balaban J connectivity index is 1.38. The molecule has 9 heteroatoms. The van der Waals surface area contributed by atoms with Crippen molar-refractivity contribution in [1.29, 1.82) is 0 Å². The average Bonchev–Trinajstić information content (AvgIpc) is 3.42. The first-order chi connectivity index (χ1) is 14.5. The predicted octanol–water partition coefficient (Wildman–Crippen LogP) is 3.88. The van der Waals surface area contributed by atoms with Gasteiger partial charge in [-0.1, -0.05) is 23.5 Å². The highest BCUT2D eigenvalue weighted by Gasteiger charge is 2.20. The standard InChI is InChI=1S/C21H18N4O4S/c1-12(19(26)25-21-24-16-8-7-15(28-2)11-17(16)30-21)29-20(27)14-5-3-13(4-6-14)18-22-9-10-23-18/h3-12H,1-2H3,(H,22,23)(H,24,25,26). The van der Waals surface area contributed by atoms with Crippen molar-refractivity contribution in [2.24, 2.45) is 0 Å². The summed E-state index contributed by atoms with van der Waals surface area (Å²) in [7, 11) is 1.59. The molecule has 1 unspecified atom stereocenters. The quantitative estimate of drug-likeness (QED) is 0.457. The monoisotopic (exact) mass is 422 g/mol. The number of hydrogen-bond donors (Lipinski definition) is 2. The van der Waals surface area contributed by atoms with E-state index in [2.05, 4.69) is 20.3 Å². The van der Waals surface area contributed by atoms with Crippen molar-refractivity contribution in [2.75, 3.05) is 12.4 Å². The second-order valence-electron chi connectivity index (χ2n) is 6.40. The summed E-state index contributed by atoms with van der Waals surface area (Å²) in [6.45, 7) is 1.51. The number of esters is 1. The van der Waals surface area contributed by atoms with Crippen molar-refractivity contribution < 1.29 is 19.1 Å². The molecule has 30 heavy (non-hydrogen) atoms. The number of nitrogens with zero attached hydrogens (tertiary/aromatic N) is 2. The van der Waals surface area contributed by atoms with Crippen LogP contribution in [-0.4, -0.2) is 40.0 Å². The summed E-state index contributed by atoms with van der Waals surface area (Å²) < 4.78 is 11.4. The lowest BCUT2D eigenvalue weighted by Gasteiger charge is -2.12. The van der Waals surface area contributed by atoms with Crippen LogP contribution in [0.25, 0.3) is 21.6 Å². The van der Waals surface area contributed by atoms with E-state index in [0.717, 1.165) is 15.8 Å². The summed E-state index contributed by atoms with van der Waals surface area (Å²) in [5.41, 5.74) is 1.93. The number of fused-ring (bicyclic) bond motifs is 1. The minimum atomic E-state index is -0.983. The van der Waals surface area contributed by atoms with Gasteiger partial charge in [0.1, 0.15) is 11.6 Å². The third-order valence-corrected chi connectivity index (χ3v) is 5.30. The maximum absolute atomic E-state index is 12.4. The van der Waals surface area contributed by atoms with Gasteiger partial charge >= 0.3 is 5.97 Å². The van der Waals surface area contributed by atoms with Gasteiger partial charge in [-0.05, 0) is 37.3 Å². The van der Waals surface area contributed by atoms with Crippen LogP contribution in [0.5, 0.6) is 5.75 Å². The fourth-order valence-corrected chi connectivity index (χ4v) is 3.66. The van der Waals surface area contributed by atoms with E-state index in [9.17, 15) is 9.59 Å². The molecule has 2 aromatic carbocycles. The molecular formula is C21H18N4O4S. The Kier molecular flexibility index (Phi) is 5.44. The third-order valence-electron chi connectivity index (χ3n) is 4.37. The fraction of sp³-hybridized carbons (Fsp3) is 0.143. The van der Waals surface area contributed by atoms with Crippen molar-refractivity contribution in [3.05, 3.63) is 60.4 Å². The number of carbonyl (C=O) groups is 2. The van der Waals surface area contributed by atoms with Gasteiger partial charge in [0, 0.05) is 18.0 Å². The first-order valence-corrected chi connectivity index (χ1v) is 9.91. The number of thiazole rings is 1. The largest absolute Gasteiger partial charge is 0.497 e. The molecule has 0 fully saturated rings. The maximum Gasteiger partial charge on any atom is 0.338 e. The number of ether oxygens (including phenoxy) is 2. The van der Waals surface area contributed by atoms with Gasteiger partial charge in [0.25, 0.3) is 5.91 Å². The van der Waals surface area contributed by atoms with Crippen molar-refractivity contribution in [2.45, 2.75) is 13.0 Å². The van der Waals surface area contributed by atoms with Crippen LogP contribution in [0.15, 0.2) is 54.9 Å². The Labute approximate surface area is 175 Å². The van der Waals surface area contributed by atoms with Crippen molar-refractivity contribution in [3.8, 4) is 17.1 Å². The molecule has 2 aromatic heterocycles. The van der Waals surface area contributed by atoms with Crippen LogP contribution in [0.4, 0.5) is 5.13 Å². The molecule has 4 rings (SSSR count). The number of benzene rings is 2. The number of rotatable bonds is 6. The summed E-state index contributed by atoms with van der Waals surface area (Å²) in [5.74, 6) is 0.375. The third kappa shape index (κ3) is 4.15. The smallest absolute Gasteiger partial charge is 0.338 e. The van der Waals surface area contributed by atoms with Crippen LogP contribution in [0.1, 0.15) is 17.3 Å². The van der Waals surface area contributed by atoms with Crippen LogP contribution in [0.2, 0.25) is 0 Å². The van der Waals surface area contributed by atoms with Gasteiger partial charge in [-0.15, -0.1) is 0 Å². The zero-order valence-corrected chi connectivity index (χ0v) is 17.0. The van der Waals surface area contributed by atoms with E-state index in [1.165, 1.54) is 18.3 Å². The highest BCUT2D eigenvalue weighted by atomic mass is 32.1. The summed E-state index contributed by atoms with van der Waals surface area (Å²) in [6.07, 6.45) is 2.39. The zero-order valence-electron chi connectivity index (χ0n) is 16.2. The van der Waals surface area contributed by atoms with Crippen LogP contribution in [-0.2, 0) is 9.53 Å². The average molecular weight is 422 g/mol. The van der Waals surface area contributed by atoms with E-state index in [1.807, 2.05) is 12.1 Å². The van der Waals surface area contributed by atoms with E-state index in [0.29, 0.717) is 22.3 Å². The number of imidazole rings is 1. The van der Waals surface area contributed by atoms with Crippen LogP contribution < -0.4 is 10.1 Å². The minimum Gasteiger partial charge on any atom is -0.497 e. The maximum atomic E-state index is 12.4. The molecule has 1 atom stereocenters. The number of anilines is 1. The predicted molar refractivity (Wildman–Crippen MR) is 114 cm³/mol. The molecule has 0 spiro atoms. The van der Waals surface area contributed by atoms with Crippen LogP contribution >= 0.6 is 11.3 Å². The Morgan fingerprint density at radius 3 is 2.67 bits per heavy atom. The number of methoxy groups -OCH3 is 1. The number of aromatic amines is 1. The molecule has 0 radical (unpaired) electrons. The molecule has 1 amide bonds. The van der Waals surface area contributed by atoms with Gasteiger partial charge in [0.2, 0.25) is 0 Å². The van der Waals surface area contributed by atoms with Crippen molar-refractivity contribution >= 4 is 38.6 Å². The first kappa shape index (κ1) is 19.6. The molecule has 0 bridgehead atoms. The van der Waals surface area contributed by atoms with E-state index >= 15 is 0 Å². The van der Waals surface area contributed by atoms with Gasteiger partial charge in [-0.3, -0.25) is 10.1 Å². The van der Waals surface area contributed by atoms with Crippen molar-refractivity contribution in [1.82, 2.24) is 15.0 Å². The Bertz CT molecular complexity index is 1190. The van der Waals surface area contributed by atoms with E-state index in [4.69, 9.17) is 9.47 Å². The molecule has 0 aliphatic carbocycles. The first-order valence-electron chi connectivity index (χ1n) is 9.10. The highest BCUT2D eigenvalue weighted by Crippen LogP contribution is 2.29. The number of carbonyl (C=O) groups excluding carboxylic acids is 2. The molecule has 2 N–H and O–H groups in total. The van der Waals surface area contributed by atoms with E-state index < -0.39 is 18.0 Å². The van der Waals surface area contributed by atoms with E-state index in [1.54, 1.807) is 49.8 Å². The lowest BCUT2D eigenvalue weighted by atomic mass is 10.1. The minimum absolute atomic E-state index is 0.344. The normalized spacial score (nSPS) is 11.8. The number of aromatic nitrogens is 3. The van der Waals surface area contributed by atoms with Gasteiger partial charge < -0.3 is 14.5 Å². The highest BCUT2D eigenvalue weighted by molar-refractivity contribution is 7.22. The molecule has 0 saturated carbocycles. The second-order valence-corrected chi connectivity index (χ2v) is 7.44. The topological polar surface area (TPSA) is 106 Å². The molecule has 0 aliphatic heterocycles. The second kappa shape index (κ2) is 8.34. The van der Waals surface area contributed by atoms with Crippen LogP contribution in [0, 0.1) is 0 Å². The summed E-state index contributed by atoms with van der Waals surface area (Å²) in [5, 5.41) is 3.12. The Hall–Kier alpha value is -3.72.